The Kier molecular flexibility index (Phi) is 3.88. The molecule has 5 nitrogen and oxygen atoms in total. The van der Waals surface area contributed by atoms with Crippen molar-refractivity contribution < 1.29 is 9.53 Å². The van der Waals surface area contributed by atoms with Crippen molar-refractivity contribution >= 4 is 34.3 Å². The number of nitrogen functional groups attached to an aromatic ring is 1. The van der Waals surface area contributed by atoms with Gasteiger partial charge in [0.05, 0.1) is 13.5 Å². The van der Waals surface area contributed by atoms with Crippen molar-refractivity contribution in [1.29, 1.82) is 0 Å². The molecule has 1 heterocycles. The highest BCUT2D eigenvalue weighted by Crippen LogP contribution is 2.51. The molecule has 2 rings (SSSR count). The van der Waals surface area contributed by atoms with Gasteiger partial charge in [0.2, 0.25) is 0 Å². The Morgan fingerprint density at radius 3 is 2.94 bits per heavy atom. The fraction of sp³-hybridized carbons (Fsp3) is 0.700. The van der Waals surface area contributed by atoms with Gasteiger partial charge in [0.15, 0.2) is 0 Å². The third kappa shape index (κ3) is 3.32. The maximum Gasteiger partial charge on any atom is 0.306 e. The van der Waals surface area contributed by atoms with Crippen LogP contribution in [0.15, 0.2) is 0 Å². The van der Waals surface area contributed by atoms with Crippen molar-refractivity contribution in [1.82, 2.24) is 9.59 Å². The minimum atomic E-state index is -0.113. The van der Waals surface area contributed by atoms with E-state index in [-0.39, 0.29) is 11.4 Å². The third-order valence-electron chi connectivity index (χ3n) is 2.94. The number of nitrogens with two attached hydrogens (primary N) is 1. The van der Waals surface area contributed by atoms with Gasteiger partial charge in [-0.1, -0.05) is 4.49 Å². The monoisotopic (exact) mass is 273 g/mol. The number of rotatable bonds is 6. The van der Waals surface area contributed by atoms with Crippen LogP contribution in [-0.2, 0) is 15.3 Å². The van der Waals surface area contributed by atoms with Gasteiger partial charge < -0.3 is 10.5 Å². The summed E-state index contributed by atoms with van der Waals surface area (Å²) in [6, 6.07) is 0. The topological polar surface area (TPSA) is 78.1 Å². The maximum atomic E-state index is 11.2. The zero-order valence-electron chi connectivity index (χ0n) is 9.64. The van der Waals surface area contributed by atoms with Crippen LogP contribution in [0.2, 0.25) is 0 Å². The van der Waals surface area contributed by atoms with E-state index in [1.807, 2.05) is 0 Å². The van der Waals surface area contributed by atoms with Crippen LogP contribution in [0.4, 0.5) is 5.00 Å². The van der Waals surface area contributed by atoms with Gasteiger partial charge in [0.25, 0.3) is 0 Å². The first-order valence-corrected chi connectivity index (χ1v) is 7.29. The summed E-state index contributed by atoms with van der Waals surface area (Å²) in [4.78, 5) is 11.2. The normalized spacial score (nSPS) is 16.8. The van der Waals surface area contributed by atoms with Gasteiger partial charge in [0, 0.05) is 17.3 Å². The van der Waals surface area contributed by atoms with E-state index in [1.54, 1.807) is 11.8 Å². The zero-order valence-corrected chi connectivity index (χ0v) is 11.3. The molecule has 0 saturated heterocycles. The summed E-state index contributed by atoms with van der Waals surface area (Å²) < 4.78 is 8.50. The third-order valence-corrected chi connectivity index (χ3v) is 4.83. The number of esters is 1. The smallest absolute Gasteiger partial charge is 0.306 e. The predicted octanol–water partition coefficient (Wildman–Crippen LogP) is 1.70. The number of carbonyl (C=O) groups excluding carboxylic acids is 1. The van der Waals surface area contributed by atoms with E-state index >= 15 is 0 Å². The van der Waals surface area contributed by atoms with Crippen LogP contribution in [0.1, 0.15) is 25.0 Å². The molecular weight excluding hydrogens is 258 g/mol. The minimum absolute atomic E-state index is 0.113. The molecule has 7 heteroatoms. The number of hydrogen-bond donors (Lipinski definition) is 1. The summed E-state index contributed by atoms with van der Waals surface area (Å²) in [6.07, 6.45) is 2.75. The van der Waals surface area contributed by atoms with Gasteiger partial charge in [-0.2, -0.15) is 11.8 Å². The molecule has 1 aromatic heterocycles. The number of carbonyl (C=O) groups is 1. The van der Waals surface area contributed by atoms with Crippen LogP contribution in [0.3, 0.4) is 0 Å². The minimum Gasteiger partial charge on any atom is -0.469 e. The second-order valence-corrected chi connectivity index (χ2v) is 6.10. The molecule has 0 unspecified atom stereocenters. The fourth-order valence-corrected chi connectivity index (χ4v) is 3.48. The molecular formula is C10H15N3O2S2. The van der Waals surface area contributed by atoms with Gasteiger partial charge in [0.1, 0.15) is 10.7 Å². The Morgan fingerprint density at radius 2 is 2.41 bits per heavy atom. The van der Waals surface area contributed by atoms with E-state index in [0.717, 1.165) is 30.0 Å². The van der Waals surface area contributed by atoms with E-state index in [9.17, 15) is 4.79 Å². The van der Waals surface area contributed by atoms with Crippen LogP contribution in [0.5, 0.6) is 0 Å². The number of aromatic nitrogens is 2. The van der Waals surface area contributed by atoms with Crippen molar-refractivity contribution in [3.8, 4) is 0 Å². The van der Waals surface area contributed by atoms with Gasteiger partial charge in [-0.05, 0) is 24.0 Å². The molecule has 1 aromatic rings. The molecule has 0 bridgehead atoms. The standard InChI is InChI=1S/C10H15N3O2S2/c1-15-8(14)4-10(2-3-10)6-16-5-7-9(11)17-13-12-7/h2-6,11H2,1H3. The Hall–Kier alpha value is -0.820. The highest BCUT2D eigenvalue weighted by molar-refractivity contribution is 7.98. The first-order chi connectivity index (χ1) is 8.15. The van der Waals surface area contributed by atoms with Crippen LogP contribution in [0.25, 0.3) is 0 Å². The summed E-state index contributed by atoms with van der Waals surface area (Å²) in [5.41, 5.74) is 6.73. The maximum absolute atomic E-state index is 11.2. The number of thioether (sulfide) groups is 1. The van der Waals surface area contributed by atoms with Crippen molar-refractivity contribution in [3.05, 3.63) is 5.69 Å². The van der Waals surface area contributed by atoms with Gasteiger partial charge in [-0.15, -0.1) is 5.10 Å². The number of hydrogen-bond acceptors (Lipinski definition) is 7. The average Bonchev–Trinajstić information content (AvgIpc) is 2.95. The number of ether oxygens (including phenoxy) is 1. The van der Waals surface area contributed by atoms with Crippen molar-refractivity contribution in [2.24, 2.45) is 5.41 Å². The number of methoxy groups -OCH3 is 1. The summed E-state index contributed by atoms with van der Waals surface area (Å²) in [5.74, 6) is 1.61. The first kappa shape index (κ1) is 12.6. The molecule has 0 aliphatic heterocycles. The lowest BCUT2D eigenvalue weighted by atomic mass is 10.1. The van der Waals surface area contributed by atoms with Gasteiger partial charge in [-0.3, -0.25) is 4.79 Å². The second-order valence-electron chi connectivity index (χ2n) is 4.33. The Labute approximate surface area is 108 Å². The molecule has 0 spiro atoms. The number of anilines is 1. The van der Waals surface area contributed by atoms with Gasteiger partial charge in [-0.25, -0.2) is 0 Å². The quantitative estimate of drug-likeness (QED) is 0.795. The molecule has 0 atom stereocenters. The number of nitrogens with zero attached hydrogens (tertiary/aromatic N) is 2. The van der Waals surface area contributed by atoms with Crippen molar-refractivity contribution in [3.63, 3.8) is 0 Å². The van der Waals surface area contributed by atoms with Crippen LogP contribution < -0.4 is 5.73 Å². The van der Waals surface area contributed by atoms with Gasteiger partial charge >= 0.3 is 5.97 Å². The Balaban J connectivity index is 1.75. The zero-order chi connectivity index (χ0) is 12.3. The molecule has 2 N–H and O–H groups in total. The Bertz CT molecular complexity index is 404. The molecule has 1 aliphatic carbocycles. The first-order valence-electron chi connectivity index (χ1n) is 5.36. The lowest BCUT2D eigenvalue weighted by Crippen LogP contribution is -2.13. The SMILES string of the molecule is COC(=O)CC1(CSCc2nnsc2N)CC1. The highest BCUT2D eigenvalue weighted by Gasteiger charge is 2.44. The van der Waals surface area contributed by atoms with Crippen molar-refractivity contribution in [2.75, 3.05) is 18.6 Å². The van der Waals surface area contributed by atoms with E-state index in [1.165, 1.54) is 18.6 Å². The molecule has 1 fully saturated rings. The lowest BCUT2D eigenvalue weighted by Gasteiger charge is -2.12. The summed E-state index contributed by atoms with van der Waals surface area (Å²) >= 11 is 2.98. The molecule has 0 aromatic carbocycles. The Morgan fingerprint density at radius 1 is 1.65 bits per heavy atom. The largest absolute Gasteiger partial charge is 0.469 e. The molecule has 1 saturated carbocycles. The fourth-order valence-electron chi connectivity index (χ4n) is 1.61. The van der Waals surface area contributed by atoms with Crippen molar-refractivity contribution in [2.45, 2.75) is 25.0 Å². The predicted molar refractivity (Wildman–Crippen MR) is 68.8 cm³/mol. The second kappa shape index (κ2) is 5.22. The van der Waals surface area contributed by atoms with Crippen LogP contribution >= 0.6 is 23.3 Å². The lowest BCUT2D eigenvalue weighted by molar-refractivity contribution is -0.141. The average molecular weight is 273 g/mol. The molecule has 0 radical (unpaired) electrons. The molecule has 1 aliphatic rings. The summed E-state index contributed by atoms with van der Waals surface area (Å²) in [7, 11) is 1.44. The van der Waals surface area contributed by atoms with Crippen LogP contribution in [-0.4, -0.2) is 28.4 Å². The highest BCUT2D eigenvalue weighted by atomic mass is 32.2. The summed E-state index contributed by atoms with van der Waals surface area (Å²) in [6.45, 7) is 0. The van der Waals surface area contributed by atoms with E-state index in [2.05, 4.69) is 9.59 Å². The summed E-state index contributed by atoms with van der Waals surface area (Å²) in [5, 5.41) is 4.65. The van der Waals surface area contributed by atoms with E-state index in [0.29, 0.717) is 11.4 Å². The van der Waals surface area contributed by atoms with E-state index in [4.69, 9.17) is 10.5 Å². The van der Waals surface area contributed by atoms with E-state index < -0.39 is 0 Å². The molecule has 17 heavy (non-hydrogen) atoms. The van der Waals surface area contributed by atoms with Crippen LogP contribution in [0, 0.1) is 5.41 Å². The molecule has 0 amide bonds. The molecule has 94 valence electrons.